The summed E-state index contributed by atoms with van der Waals surface area (Å²) in [5, 5.41) is 1.77. The van der Waals surface area contributed by atoms with Crippen molar-refractivity contribution in [3.8, 4) is 0 Å². The van der Waals surface area contributed by atoms with Crippen molar-refractivity contribution >= 4 is 17.6 Å². The smallest absolute Gasteiger partial charge is 0.302 e. The molecule has 2 rings (SSSR count). The van der Waals surface area contributed by atoms with E-state index in [1.807, 2.05) is 30.3 Å². The maximum atomic E-state index is 11.9. The molecule has 0 radical (unpaired) electrons. The molecule has 1 N–H and O–H groups in total. The third-order valence-corrected chi connectivity index (χ3v) is 2.95. The number of nitrogens with one attached hydrogen (secondary N) is 1. The maximum Gasteiger partial charge on any atom is 0.302 e. The Hall–Kier alpha value is -2.04. The van der Waals surface area contributed by atoms with Gasteiger partial charge in [0.05, 0.1) is 12.2 Å². The summed E-state index contributed by atoms with van der Waals surface area (Å²) in [7, 11) is 0. The van der Waals surface area contributed by atoms with E-state index in [1.165, 1.54) is 6.92 Å². The molecule has 1 aromatic rings. The van der Waals surface area contributed by atoms with Crippen molar-refractivity contribution in [2.24, 2.45) is 5.41 Å². The lowest BCUT2D eigenvalue weighted by Gasteiger charge is -2.21. The first-order valence-electron chi connectivity index (χ1n) is 5.78. The second kappa shape index (κ2) is 4.68. The minimum absolute atomic E-state index is 0.0947. The van der Waals surface area contributed by atoms with Gasteiger partial charge in [0, 0.05) is 6.92 Å². The third-order valence-electron chi connectivity index (χ3n) is 2.95. The van der Waals surface area contributed by atoms with Crippen LogP contribution in [0.25, 0.3) is 0 Å². The number of para-hydroxylation sites is 1. The third kappa shape index (κ3) is 2.45. The van der Waals surface area contributed by atoms with Crippen LogP contribution in [-0.4, -0.2) is 25.0 Å². The maximum absolute atomic E-state index is 11.9. The van der Waals surface area contributed by atoms with Crippen molar-refractivity contribution in [1.82, 2.24) is 5.43 Å². The molecular weight excluding hydrogens is 232 g/mol. The molecule has 18 heavy (non-hydrogen) atoms. The van der Waals surface area contributed by atoms with Crippen molar-refractivity contribution in [2.75, 3.05) is 18.2 Å². The minimum atomic E-state index is -0.707. The SMILES string of the molecule is CC(=O)OC[C@]1(C)CN(c2ccccc2)NC1=O. The van der Waals surface area contributed by atoms with Crippen molar-refractivity contribution in [3.63, 3.8) is 0 Å². The van der Waals surface area contributed by atoms with Gasteiger partial charge < -0.3 is 4.74 Å². The quantitative estimate of drug-likeness (QED) is 0.814. The molecule has 0 unspecified atom stereocenters. The lowest BCUT2D eigenvalue weighted by molar-refractivity contribution is -0.146. The summed E-state index contributed by atoms with van der Waals surface area (Å²) >= 11 is 0. The number of ether oxygens (including phenoxy) is 1. The molecule has 5 heteroatoms. The van der Waals surface area contributed by atoms with Crippen molar-refractivity contribution in [2.45, 2.75) is 13.8 Å². The molecule has 0 aliphatic carbocycles. The number of nitrogens with zero attached hydrogens (tertiary/aromatic N) is 1. The van der Waals surface area contributed by atoms with E-state index in [2.05, 4.69) is 5.43 Å². The van der Waals surface area contributed by atoms with Crippen LogP contribution in [0, 0.1) is 5.41 Å². The van der Waals surface area contributed by atoms with Gasteiger partial charge in [-0.15, -0.1) is 0 Å². The van der Waals surface area contributed by atoms with Crippen LogP contribution in [0.5, 0.6) is 0 Å². The van der Waals surface area contributed by atoms with Crippen molar-refractivity contribution in [1.29, 1.82) is 0 Å². The fourth-order valence-corrected chi connectivity index (χ4v) is 1.85. The Morgan fingerprint density at radius 2 is 2.11 bits per heavy atom. The first-order chi connectivity index (χ1) is 8.51. The number of carbonyl (C=O) groups excluding carboxylic acids is 2. The molecule has 1 aliphatic rings. The van der Waals surface area contributed by atoms with Gasteiger partial charge in [-0.05, 0) is 19.1 Å². The van der Waals surface area contributed by atoms with E-state index in [1.54, 1.807) is 11.9 Å². The van der Waals surface area contributed by atoms with E-state index >= 15 is 0 Å². The van der Waals surface area contributed by atoms with Gasteiger partial charge in [-0.1, -0.05) is 18.2 Å². The standard InChI is InChI=1S/C13H16N2O3/c1-10(16)18-9-13(2)8-15(14-12(13)17)11-6-4-3-5-7-11/h3-7H,8-9H2,1-2H3,(H,14,17)/t13-/m0/s1. The van der Waals surface area contributed by atoms with Crippen molar-refractivity contribution < 1.29 is 14.3 Å². The summed E-state index contributed by atoms with van der Waals surface area (Å²) in [6.07, 6.45) is 0. The normalized spacial score (nSPS) is 22.8. The number of amides is 1. The first kappa shape index (κ1) is 12.4. The lowest BCUT2D eigenvalue weighted by atomic mass is 9.92. The van der Waals surface area contributed by atoms with Gasteiger partial charge >= 0.3 is 5.97 Å². The first-order valence-corrected chi connectivity index (χ1v) is 5.78. The zero-order valence-electron chi connectivity index (χ0n) is 10.5. The van der Waals surface area contributed by atoms with E-state index in [0.717, 1.165) is 5.69 Å². The second-order valence-electron chi connectivity index (χ2n) is 4.70. The highest BCUT2D eigenvalue weighted by Crippen LogP contribution is 2.27. The summed E-state index contributed by atoms with van der Waals surface area (Å²) in [6.45, 7) is 3.69. The monoisotopic (exact) mass is 248 g/mol. The molecule has 0 saturated carbocycles. The van der Waals surface area contributed by atoms with Crippen LogP contribution in [0.4, 0.5) is 5.69 Å². The van der Waals surface area contributed by atoms with Crippen LogP contribution in [0.15, 0.2) is 30.3 Å². The number of benzene rings is 1. The van der Waals surface area contributed by atoms with Gasteiger partial charge in [-0.3, -0.25) is 20.0 Å². The summed E-state index contributed by atoms with van der Waals surface area (Å²) < 4.78 is 4.96. The molecular formula is C13H16N2O3. The predicted molar refractivity (Wildman–Crippen MR) is 66.7 cm³/mol. The van der Waals surface area contributed by atoms with E-state index < -0.39 is 5.41 Å². The summed E-state index contributed by atoms with van der Waals surface area (Å²) in [6, 6.07) is 9.56. The van der Waals surface area contributed by atoms with Gasteiger partial charge in [0.1, 0.15) is 12.0 Å². The Kier molecular flexibility index (Phi) is 3.23. The fraction of sp³-hybridized carbons (Fsp3) is 0.385. The summed E-state index contributed by atoms with van der Waals surface area (Å²) in [4.78, 5) is 22.8. The van der Waals surface area contributed by atoms with Crippen molar-refractivity contribution in [3.05, 3.63) is 30.3 Å². The molecule has 1 aromatic carbocycles. The molecule has 0 aromatic heterocycles. The Morgan fingerprint density at radius 1 is 1.44 bits per heavy atom. The molecule has 0 spiro atoms. The zero-order chi connectivity index (χ0) is 13.2. The van der Waals surface area contributed by atoms with Crippen LogP contribution in [-0.2, 0) is 14.3 Å². The summed E-state index contributed by atoms with van der Waals surface area (Å²) in [5.41, 5.74) is 3.00. The van der Waals surface area contributed by atoms with Crippen LogP contribution in [0.1, 0.15) is 13.8 Å². The molecule has 1 atom stereocenters. The van der Waals surface area contributed by atoms with Gasteiger partial charge in [-0.25, -0.2) is 0 Å². The highest BCUT2D eigenvalue weighted by molar-refractivity contribution is 5.88. The average molecular weight is 248 g/mol. The largest absolute Gasteiger partial charge is 0.465 e. The number of hydrazine groups is 1. The molecule has 1 fully saturated rings. The van der Waals surface area contributed by atoms with E-state index in [4.69, 9.17) is 4.74 Å². The molecule has 0 bridgehead atoms. The number of hydrogen-bond donors (Lipinski definition) is 1. The molecule has 1 aliphatic heterocycles. The Morgan fingerprint density at radius 3 is 2.72 bits per heavy atom. The van der Waals surface area contributed by atoms with Crippen LogP contribution in [0.2, 0.25) is 0 Å². The Balaban J connectivity index is 2.09. The van der Waals surface area contributed by atoms with Crippen LogP contribution >= 0.6 is 0 Å². The number of rotatable bonds is 3. The zero-order valence-corrected chi connectivity index (χ0v) is 10.5. The summed E-state index contributed by atoms with van der Waals surface area (Å²) in [5.74, 6) is -0.505. The van der Waals surface area contributed by atoms with Gasteiger partial charge in [-0.2, -0.15) is 0 Å². The molecule has 1 saturated heterocycles. The Labute approximate surface area is 106 Å². The number of carbonyl (C=O) groups is 2. The minimum Gasteiger partial charge on any atom is -0.465 e. The molecule has 1 heterocycles. The van der Waals surface area contributed by atoms with Gasteiger partial charge in [0.2, 0.25) is 5.91 Å². The van der Waals surface area contributed by atoms with E-state index in [-0.39, 0.29) is 18.5 Å². The van der Waals surface area contributed by atoms with Gasteiger partial charge in [0.25, 0.3) is 0 Å². The highest BCUT2D eigenvalue weighted by atomic mass is 16.5. The average Bonchev–Trinajstić information content (AvgIpc) is 2.65. The number of hydrogen-bond acceptors (Lipinski definition) is 4. The van der Waals surface area contributed by atoms with E-state index in [9.17, 15) is 9.59 Å². The lowest BCUT2D eigenvalue weighted by Crippen LogP contribution is -2.35. The number of esters is 1. The molecule has 96 valence electrons. The molecule has 5 nitrogen and oxygen atoms in total. The number of anilines is 1. The predicted octanol–water partition coefficient (Wildman–Crippen LogP) is 1.11. The van der Waals surface area contributed by atoms with Crippen LogP contribution < -0.4 is 10.4 Å². The van der Waals surface area contributed by atoms with E-state index in [0.29, 0.717) is 6.54 Å². The fourth-order valence-electron chi connectivity index (χ4n) is 1.85. The topological polar surface area (TPSA) is 58.6 Å². The van der Waals surface area contributed by atoms with Crippen LogP contribution in [0.3, 0.4) is 0 Å². The Bertz CT molecular complexity index is 461. The van der Waals surface area contributed by atoms with Gasteiger partial charge in [0.15, 0.2) is 0 Å². The molecule has 1 amide bonds. The highest BCUT2D eigenvalue weighted by Gasteiger charge is 2.43. The second-order valence-corrected chi connectivity index (χ2v) is 4.70.